The second kappa shape index (κ2) is 10.9. The Morgan fingerprint density at radius 1 is 0.556 bits per heavy atom. The van der Waals surface area contributed by atoms with Gasteiger partial charge in [0.25, 0.3) is 0 Å². The zero-order valence-electron chi connectivity index (χ0n) is 19.8. The summed E-state index contributed by atoms with van der Waals surface area (Å²) in [5.74, 6) is -5.40. The number of carboxylic acids is 4. The van der Waals surface area contributed by atoms with E-state index in [0.29, 0.717) is 24.0 Å². The molecular weight excluding hydrogens is 464 g/mol. The first-order valence-corrected chi connectivity index (χ1v) is 11.3. The van der Waals surface area contributed by atoms with E-state index < -0.39 is 23.9 Å². The Hall–Kier alpha value is -4.46. The lowest BCUT2D eigenvalue weighted by molar-refractivity contribution is 0.0651. The summed E-state index contributed by atoms with van der Waals surface area (Å²) in [5, 5.41) is 37.4. The summed E-state index contributed by atoms with van der Waals surface area (Å²) in [6, 6.07) is 16.4. The molecule has 36 heavy (non-hydrogen) atoms. The Bertz CT molecular complexity index is 1240. The number of benzene rings is 3. The van der Waals surface area contributed by atoms with Gasteiger partial charge in [0.05, 0.1) is 22.3 Å². The molecule has 0 fully saturated rings. The van der Waals surface area contributed by atoms with Crippen LogP contribution in [0.15, 0.2) is 60.7 Å². The molecule has 8 heteroatoms. The summed E-state index contributed by atoms with van der Waals surface area (Å²) in [7, 11) is 0. The Morgan fingerprint density at radius 2 is 0.889 bits per heavy atom. The maximum Gasteiger partial charge on any atom is 0.336 e. The third-order valence-electron chi connectivity index (χ3n) is 6.32. The fourth-order valence-electron chi connectivity index (χ4n) is 4.31. The smallest absolute Gasteiger partial charge is 0.336 e. The normalized spacial score (nSPS) is 12.5. The molecule has 0 bridgehead atoms. The van der Waals surface area contributed by atoms with Crippen LogP contribution in [0.3, 0.4) is 0 Å². The molecule has 0 spiro atoms. The van der Waals surface area contributed by atoms with E-state index in [1.165, 1.54) is 24.3 Å². The van der Waals surface area contributed by atoms with Crippen molar-refractivity contribution in [3.63, 3.8) is 0 Å². The summed E-state index contributed by atoms with van der Waals surface area (Å²) >= 11 is 0. The number of hydrogen-bond donors (Lipinski definition) is 4. The van der Waals surface area contributed by atoms with Crippen molar-refractivity contribution >= 4 is 23.9 Å². The number of hydrogen-bond acceptors (Lipinski definition) is 4. The van der Waals surface area contributed by atoms with Crippen molar-refractivity contribution in [1.82, 2.24) is 0 Å². The third-order valence-corrected chi connectivity index (χ3v) is 6.32. The molecule has 3 aromatic carbocycles. The molecule has 0 radical (unpaired) electrons. The van der Waals surface area contributed by atoms with E-state index in [9.17, 15) is 39.6 Å². The second-order valence-electron chi connectivity index (χ2n) is 8.81. The molecule has 3 aromatic rings. The molecule has 0 aliphatic heterocycles. The molecule has 3 rings (SSSR count). The molecule has 0 aliphatic carbocycles. The van der Waals surface area contributed by atoms with Crippen LogP contribution in [0.5, 0.6) is 0 Å². The number of carboxylic acid groups (broad SMARTS) is 4. The monoisotopic (exact) mass is 490 g/mol. The van der Waals surface area contributed by atoms with E-state index in [1.54, 1.807) is 12.1 Å². The van der Waals surface area contributed by atoms with Gasteiger partial charge in [-0.25, -0.2) is 19.2 Å². The topological polar surface area (TPSA) is 149 Å². The van der Waals surface area contributed by atoms with E-state index in [0.717, 1.165) is 11.1 Å². The van der Waals surface area contributed by atoms with Gasteiger partial charge >= 0.3 is 23.9 Å². The van der Waals surface area contributed by atoms with Crippen LogP contribution >= 0.6 is 0 Å². The molecular formula is C28H26O8. The van der Waals surface area contributed by atoms with Crippen molar-refractivity contribution < 1.29 is 39.6 Å². The van der Waals surface area contributed by atoms with Crippen LogP contribution in [0, 0.1) is 0 Å². The predicted molar refractivity (Wildman–Crippen MR) is 131 cm³/mol. The summed E-state index contributed by atoms with van der Waals surface area (Å²) in [4.78, 5) is 45.8. The molecule has 0 aliphatic rings. The predicted octanol–water partition coefficient (Wildman–Crippen LogP) is 5.17. The van der Waals surface area contributed by atoms with Gasteiger partial charge in [-0.1, -0.05) is 50.2 Å². The van der Waals surface area contributed by atoms with Crippen LogP contribution in [-0.2, 0) is 12.8 Å². The van der Waals surface area contributed by atoms with Crippen molar-refractivity contribution in [3.8, 4) is 0 Å². The number of carbonyl (C=O) groups is 4. The van der Waals surface area contributed by atoms with Gasteiger partial charge in [-0.05, 0) is 71.2 Å². The third kappa shape index (κ3) is 5.78. The molecule has 2 atom stereocenters. The van der Waals surface area contributed by atoms with Crippen molar-refractivity contribution in [2.45, 2.75) is 38.5 Å². The van der Waals surface area contributed by atoms with Crippen LogP contribution in [0.4, 0.5) is 0 Å². The average Bonchev–Trinajstić information content (AvgIpc) is 2.84. The van der Waals surface area contributed by atoms with Gasteiger partial charge in [0.2, 0.25) is 0 Å². The molecule has 186 valence electrons. The highest BCUT2D eigenvalue weighted by atomic mass is 16.4. The van der Waals surface area contributed by atoms with Gasteiger partial charge in [0.1, 0.15) is 0 Å². The van der Waals surface area contributed by atoms with E-state index in [1.807, 2.05) is 38.1 Å². The van der Waals surface area contributed by atoms with Gasteiger partial charge in [-0.2, -0.15) is 0 Å². The minimum Gasteiger partial charge on any atom is -0.478 e. The molecule has 0 heterocycles. The Labute approximate surface area is 207 Å². The minimum absolute atomic E-state index is 0.101. The summed E-state index contributed by atoms with van der Waals surface area (Å²) in [5.41, 5.74) is 2.42. The van der Waals surface area contributed by atoms with Crippen LogP contribution in [0.2, 0.25) is 0 Å². The van der Waals surface area contributed by atoms with Gasteiger partial charge in [0.15, 0.2) is 0 Å². The molecule has 0 aromatic heterocycles. The summed E-state index contributed by atoms with van der Waals surface area (Å²) in [6.07, 6.45) is 1.15. The quantitative estimate of drug-likeness (QED) is 0.304. The van der Waals surface area contributed by atoms with Crippen LogP contribution < -0.4 is 0 Å². The number of rotatable bonds is 10. The van der Waals surface area contributed by atoms with Crippen LogP contribution in [-0.4, -0.2) is 44.3 Å². The molecule has 0 saturated heterocycles. The SMILES string of the molecule is CC(Cc1ccccc1CC(C)c1ccc(C(=O)O)c(C(=O)O)c1)c1ccc(C(=O)O)c(C(=O)O)c1. The van der Waals surface area contributed by atoms with Crippen LogP contribution in [0.25, 0.3) is 0 Å². The van der Waals surface area contributed by atoms with Crippen molar-refractivity contribution in [2.75, 3.05) is 0 Å². The van der Waals surface area contributed by atoms with E-state index in [4.69, 9.17) is 0 Å². The first kappa shape index (κ1) is 26.2. The summed E-state index contributed by atoms with van der Waals surface area (Å²) in [6.45, 7) is 3.87. The van der Waals surface area contributed by atoms with E-state index >= 15 is 0 Å². The van der Waals surface area contributed by atoms with Crippen molar-refractivity contribution in [2.24, 2.45) is 0 Å². The highest BCUT2D eigenvalue weighted by Gasteiger charge is 2.21. The van der Waals surface area contributed by atoms with Gasteiger partial charge in [-0.15, -0.1) is 0 Å². The zero-order chi connectivity index (χ0) is 26.6. The zero-order valence-corrected chi connectivity index (χ0v) is 19.8. The van der Waals surface area contributed by atoms with Crippen LogP contribution in [0.1, 0.15) is 89.4 Å². The van der Waals surface area contributed by atoms with Gasteiger partial charge < -0.3 is 20.4 Å². The maximum atomic E-state index is 11.6. The number of aromatic carboxylic acids is 4. The second-order valence-corrected chi connectivity index (χ2v) is 8.81. The van der Waals surface area contributed by atoms with Crippen molar-refractivity contribution in [3.05, 3.63) is 105 Å². The molecule has 2 unspecified atom stereocenters. The molecule has 0 amide bonds. The highest BCUT2D eigenvalue weighted by molar-refractivity contribution is 6.02. The largest absolute Gasteiger partial charge is 0.478 e. The lowest BCUT2D eigenvalue weighted by Crippen LogP contribution is -2.11. The van der Waals surface area contributed by atoms with E-state index in [-0.39, 0.29) is 34.1 Å². The van der Waals surface area contributed by atoms with Gasteiger partial charge in [0, 0.05) is 0 Å². The van der Waals surface area contributed by atoms with Crippen molar-refractivity contribution in [1.29, 1.82) is 0 Å². The Balaban J connectivity index is 1.86. The Kier molecular flexibility index (Phi) is 7.89. The molecule has 0 saturated carbocycles. The fourth-order valence-corrected chi connectivity index (χ4v) is 4.31. The van der Waals surface area contributed by atoms with E-state index in [2.05, 4.69) is 0 Å². The molecule has 8 nitrogen and oxygen atoms in total. The lowest BCUT2D eigenvalue weighted by Gasteiger charge is -2.19. The average molecular weight is 491 g/mol. The lowest BCUT2D eigenvalue weighted by atomic mass is 9.85. The first-order chi connectivity index (χ1) is 17.0. The fraction of sp³-hybridized carbons (Fsp3) is 0.214. The summed E-state index contributed by atoms with van der Waals surface area (Å²) < 4.78 is 0. The Morgan fingerprint density at radius 3 is 1.19 bits per heavy atom. The minimum atomic E-state index is -1.30. The molecule has 4 N–H and O–H groups in total. The first-order valence-electron chi connectivity index (χ1n) is 11.3. The highest BCUT2D eigenvalue weighted by Crippen LogP contribution is 2.29. The maximum absolute atomic E-state index is 11.6. The standard InChI is InChI=1S/C28H26O8/c1-15(17-7-9-21(25(29)30)23(13-17)27(33)34)11-19-5-3-4-6-20(19)12-16(2)18-8-10-22(26(31)32)24(14-18)28(35)36/h3-10,13-16H,11-12H2,1-2H3,(H,29,30)(H,31,32)(H,33,34)(H,35,36). The van der Waals surface area contributed by atoms with Gasteiger partial charge in [-0.3, -0.25) is 0 Å².